The summed E-state index contributed by atoms with van der Waals surface area (Å²) >= 11 is 1.38. The largest absolute Gasteiger partial charge is 0.480 e. The maximum atomic E-state index is 12.9. The molecule has 0 unspecified atom stereocenters. The number of hydrogen-bond acceptors (Lipinski definition) is 5. The van der Waals surface area contributed by atoms with Crippen LogP contribution in [-0.2, 0) is 20.8 Å². The fraction of sp³-hybridized carbons (Fsp3) is 0.304. The molecular formula is C23H24N2O5S. The Bertz CT molecular complexity index is 935. The van der Waals surface area contributed by atoms with E-state index in [0.29, 0.717) is 23.6 Å². The van der Waals surface area contributed by atoms with Gasteiger partial charge in [0.05, 0.1) is 11.9 Å². The molecule has 0 radical (unpaired) electrons. The van der Waals surface area contributed by atoms with Gasteiger partial charge in [0.2, 0.25) is 5.91 Å². The molecule has 1 fully saturated rings. The molecule has 0 spiro atoms. The molecule has 7 nitrogen and oxygen atoms in total. The number of Topliss-reactive ketones (excluding diaryl/α,β-unsaturated/α-hetero) is 1. The lowest BCUT2D eigenvalue weighted by atomic mass is 9.98. The predicted molar refractivity (Wildman–Crippen MR) is 118 cm³/mol. The van der Waals surface area contributed by atoms with Crippen LogP contribution < -0.4 is 5.32 Å². The van der Waals surface area contributed by atoms with E-state index in [1.165, 1.54) is 16.7 Å². The van der Waals surface area contributed by atoms with Crippen LogP contribution in [0.25, 0.3) is 0 Å². The number of thioether (sulfide) groups is 1. The molecule has 3 rings (SSSR count). The Hall–Kier alpha value is -3.13. The number of carboxylic acids is 1. The molecule has 162 valence electrons. The zero-order valence-corrected chi connectivity index (χ0v) is 17.7. The topological polar surface area (TPSA) is 104 Å². The molecule has 0 bridgehead atoms. The van der Waals surface area contributed by atoms with Gasteiger partial charge in [-0.1, -0.05) is 48.5 Å². The molecule has 2 N–H and O–H groups in total. The van der Waals surface area contributed by atoms with Crippen LogP contribution in [0.5, 0.6) is 0 Å². The van der Waals surface area contributed by atoms with E-state index in [0.717, 1.165) is 5.56 Å². The summed E-state index contributed by atoms with van der Waals surface area (Å²) in [7, 11) is 0. The van der Waals surface area contributed by atoms with Crippen molar-refractivity contribution < 1.29 is 24.3 Å². The first-order chi connectivity index (χ1) is 15.0. The van der Waals surface area contributed by atoms with Crippen molar-refractivity contribution in [2.24, 2.45) is 0 Å². The zero-order chi connectivity index (χ0) is 22.2. The number of aliphatic carboxylic acids is 1. The Kier molecular flexibility index (Phi) is 7.83. The lowest BCUT2D eigenvalue weighted by Crippen LogP contribution is -2.44. The number of nitrogens with zero attached hydrogens (tertiary/aromatic N) is 1. The van der Waals surface area contributed by atoms with Gasteiger partial charge in [0.1, 0.15) is 6.04 Å². The summed E-state index contributed by atoms with van der Waals surface area (Å²) in [6.45, 7) is 0. The summed E-state index contributed by atoms with van der Waals surface area (Å²) in [6.07, 6.45) is 0.151. The molecule has 8 heteroatoms. The Labute approximate surface area is 184 Å². The van der Waals surface area contributed by atoms with Crippen LogP contribution in [0.1, 0.15) is 28.8 Å². The quantitative estimate of drug-likeness (QED) is 0.620. The van der Waals surface area contributed by atoms with Crippen LogP contribution in [-0.4, -0.2) is 57.3 Å². The summed E-state index contributed by atoms with van der Waals surface area (Å²) < 4.78 is 0. The van der Waals surface area contributed by atoms with Crippen molar-refractivity contribution in [1.82, 2.24) is 10.2 Å². The molecule has 2 amide bonds. The predicted octanol–water partition coefficient (Wildman–Crippen LogP) is 2.36. The number of ketones is 1. The van der Waals surface area contributed by atoms with Crippen molar-refractivity contribution in [1.29, 1.82) is 0 Å². The van der Waals surface area contributed by atoms with Crippen LogP contribution >= 0.6 is 11.8 Å². The molecule has 31 heavy (non-hydrogen) atoms. The van der Waals surface area contributed by atoms with Gasteiger partial charge in [0, 0.05) is 24.2 Å². The van der Waals surface area contributed by atoms with E-state index in [9.17, 15) is 24.3 Å². The minimum Gasteiger partial charge on any atom is -0.480 e. The first-order valence-electron chi connectivity index (χ1n) is 9.98. The van der Waals surface area contributed by atoms with Crippen molar-refractivity contribution in [3.8, 4) is 0 Å². The van der Waals surface area contributed by atoms with Gasteiger partial charge in [-0.2, -0.15) is 0 Å². The van der Waals surface area contributed by atoms with E-state index >= 15 is 0 Å². The number of hydrogen-bond donors (Lipinski definition) is 2. The fourth-order valence-electron chi connectivity index (χ4n) is 3.37. The maximum absolute atomic E-state index is 12.9. The molecule has 1 aliphatic rings. The molecule has 2 atom stereocenters. The molecule has 1 heterocycles. The molecule has 0 aromatic heterocycles. The Balaban J connectivity index is 1.66. The third-order valence-corrected chi connectivity index (χ3v) is 6.10. The summed E-state index contributed by atoms with van der Waals surface area (Å²) in [6, 6.07) is 16.3. The van der Waals surface area contributed by atoms with Crippen LogP contribution in [0.2, 0.25) is 0 Å². The van der Waals surface area contributed by atoms with E-state index in [2.05, 4.69) is 5.32 Å². The van der Waals surface area contributed by atoms with Crippen LogP contribution in [0.15, 0.2) is 60.7 Å². The van der Waals surface area contributed by atoms with E-state index in [1.807, 2.05) is 30.3 Å². The highest BCUT2D eigenvalue weighted by Crippen LogP contribution is 2.22. The first kappa shape index (κ1) is 22.6. The smallest absolute Gasteiger partial charge is 0.327 e. The molecule has 2 aromatic rings. The van der Waals surface area contributed by atoms with Gasteiger partial charge in [-0.05, 0) is 24.1 Å². The van der Waals surface area contributed by atoms with Gasteiger partial charge in [-0.3, -0.25) is 14.4 Å². The highest BCUT2D eigenvalue weighted by atomic mass is 32.2. The van der Waals surface area contributed by atoms with E-state index in [4.69, 9.17) is 0 Å². The minimum absolute atomic E-state index is 0.0705. The molecule has 0 saturated carbocycles. The van der Waals surface area contributed by atoms with Crippen LogP contribution in [0, 0.1) is 0 Å². The summed E-state index contributed by atoms with van der Waals surface area (Å²) in [5.74, 6) is -1.37. The highest BCUT2D eigenvalue weighted by Gasteiger charge is 2.34. The zero-order valence-electron chi connectivity index (χ0n) is 16.9. The van der Waals surface area contributed by atoms with Gasteiger partial charge < -0.3 is 15.3 Å². The summed E-state index contributed by atoms with van der Waals surface area (Å²) in [5, 5.41) is 12.0. The second-order valence-corrected chi connectivity index (χ2v) is 8.27. The van der Waals surface area contributed by atoms with E-state index in [1.54, 1.807) is 30.3 Å². The second-order valence-electron chi connectivity index (χ2n) is 7.27. The molecule has 0 aliphatic carbocycles. The fourth-order valence-corrected chi connectivity index (χ4v) is 4.54. The third-order valence-electron chi connectivity index (χ3n) is 5.09. The lowest BCUT2D eigenvalue weighted by molar-refractivity contribution is -0.147. The van der Waals surface area contributed by atoms with Gasteiger partial charge in [-0.25, -0.2) is 4.79 Å². The van der Waals surface area contributed by atoms with Crippen molar-refractivity contribution in [2.75, 3.05) is 11.6 Å². The molecular weight excluding hydrogens is 416 g/mol. The lowest BCUT2D eigenvalue weighted by Gasteiger charge is -2.21. The number of nitrogens with one attached hydrogen (secondary N) is 1. The monoisotopic (exact) mass is 440 g/mol. The number of benzene rings is 2. The number of carbonyl (C=O) groups excluding carboxylic acids is 3. The van der Waals surface area contributed by atoms with Gasteiger partial charge in [0.25, 0.3) is 5.91 Å². The van der Waals surface area contributed by atoms with E-state index < -0.39 is 18.1 Å². The standard InChI is InChI=1S/C23H24N2O5S/c26-20(11-12-21(27)25-15-31-14-19(25)23(29)30)18(13-16-7-3-1-4-8-16)24-22(28)17-9-5-2-6-10-17/h1-10,18-19H,11-15H2,(H,24,28)(H,29,30)/t18-,19-/m1/s1. The maximum Gasteiger partial charge on any atom is 0.327 e. The van der Waals surface area contributed by atoms with Crippen LogP contribution in [0.4, 0.5) is 0 Å². The normalized spacial score (nSPS) is 16.5. The molecule has 1 saturated heterocycles. The van der Waals surface area contributed by atoms with Crippen molar-refractivity contribution in [3.05, 3.63) is 71.8 Å². The number of rotatable bonds is 9. The third kappa shape index (κ3) is 6.18. The van der Waals surface area contributed by atoms with E-state index in [-0.39, 0.29) is 30.4 Å². The average molecular weight is 441 g/mol. The summed E-state index contributed by atoms with van der Waals surface area (Å²) in [5.41, 5.74) is 1.34. The van der Waals surface area contributed by atoms with Crippen molar-refractivity contribution >= 4 is 35.3 Å². The number of carboxylic acid groups (broad SMARTS) is 1. The molecule has 1 aliphatic heterocycles. The van der Waals surface area contributed by atoms with Crippen molar-refractivity contribution in [3.63, 3.8) is 0 Å². The Morgan fingerprint density at radius 2 is 1.65 bits per heavy atom. The highest BCUT2D eigenvalue weighted by molar-refractivity contribution is 7.99. The second kappa shape index (κ2) is 10.8. The summed E-state index contributed by atoms with van der Waals surface area (Å²) in [4.78, 5) is 50.7. The van der Waals surface area contributed by atoms with Gasteiger partial charge >= 0.3 is 5.97 Å². The Morgan fingerprint density at radius 3 is 2.29 bits per heavy atom. The minimum atomic E-state index is -1.04. The first-order valence-corrected chi connectivity index (χ1v) is 11.1. The van der Waals surface area contributed by atoms with Crippen LogP contribution in [0.3, 0.4) is 0 Å². The molecule has 2 aromatic carbocycles. The number of carbonyl (C=O) groups is 4. The van der Waals surface area contributed by atoms with Gasteiger partial charge in [0.15, 0.2) is 5.78 Å². The SMILES string of the molecule is O=C(N[C@H](Cc1ccccc1)C(=O)CCC(=O)N1CSC[C@@H]1C(=O)O)c1ccccc1. The number of amides is 2. The van der Waals surface area contributed by atoms with Gasteiger partial charge in [-0.15, -0.1) is 11.8 Å². The van der Waals surface area contributed by atoms with Crippen molar-refractivity contribution in [2.45, 2.75) is 31.3 Å². The Morgan fingerprint density at radius 1 is 1.00 bits per heavy atom. The average Bonchev–Trinajstić information content (AvgIpc) is 3.28.